The molecule has 3 rings (SSSR count). The van der Waals surface area contributed by atoms with Crippen molar-refractivity contribution >= 4 is 11.8 Å². The molecule has 2 aromatic carbocycles. The Balaban J connectivity index is 1.52. The minimum absolute atomic E-state index is 0.00276. The first-order valence-electron chi connectivity index (χ1n) is 10.8. The van der Waals surface area contributed by atoms with E-state index in [0.717, 1.165) is 29.7 Å². The molecule has 1 aliphatic heterocycles. The number of benzene rings is 2. The number of hydrogen-bond acceptors (Lipinski definition) is 3. The highest BCUT2D eigenvalue weighted by Crippen LogP contribution is 2.27. The minimum Gasteiger partial charge on any atom is -0.481 e. The molecule has 160 valence electrons. The molecule has 1 unspecified atom stereocenters. The van der Waals surface area contributed by atoms with Crippen LogP contribution in [-0.4, -0.2) is 41.9 Å². The molecule has 1 heterocycles. The van der Waals surface area contributed by atoms with E-state index in [9.17, 15) is 9.59 Å². The van der Waals surface area contributed by atoms with Crippen molar-refractivity contribution in [3.63, 3.8) is 0 Å². The molecule has 1 N–H and O–H groups in total. The molecule has 30 heavy (non-hydrogen) atoms. The second-order valence-electron chi connectivity index (χ2n) is 8.40. The zero-order valence-corrected chi connectivity index (χ0v) is 18.4. The van der Waals surface area contributed by atoms with Gasteiger partial charge in [-0.25, -0.2) is 0 Å². The zero-order chi connectivity index (χ0) is 21.7. The number of hydrogen-bond donors (Lipinski definition) is 1. The van der Waals surface area contributed by atoms with Gasteiger partial charge in [0.2, 0.25) is 0 Å². The van der Waals surface area contributed by atoms with E-state index in [1.54, 1.807) is 0 Å². The summed E-state index contributed by atoms with van der Waals surface area (Å²) >= 11 is 0. The topological polar surface area (TPSA) is 58.6 Å². The van der Waals surface area contributed by atoms with E-state index in [1.807, 2.05) is 67.3 Å². The van der Waals surface area contributed by atoms with Crippen molar-refractivity contribution in [1.82, 2.24) is 10.2 Å². The van der Waals surface area contributed by atoms with Gasteiger partial charge >= 0.3 is 0 Å². The van der Waals surface area contributed by atoms with Crippen molar-refractivity contribution in [1.29, 1.82) is 0 Å². The number of nitrogens with one attached hydrogen (secondary N) is 1. The van der Waals surface area contributed by atoms with Crippen LogP contribution in [0, 0.1) is 6.92 Å². The van der Waals surface area contributed by atoms with Gasteiger partial charge in [0, 0.05) is 24.7 Å². The predicted octanol–water partition coefficient (Wildman–Crippen LogP) is 4.31. The molecule has 0 radical (unpaired) electrons. The van der Waals surface area contributed by atoms with Gasteiger partial charge in [-0.15, -0.1) is 0 Å². The Morgan fingerprint density at radius 2 is 1.73 bits per heavy atom. The summed E-state index contributed by atoms with van der Waals surface area (Å²) in [5, 5.41) is 3.10. The lowest BCUT2D eigenvalue weighted by Gasteiger charge is -2.34. The zero-order valence-electron chi connectivity index (χ0n) is 18.4. The molecule has 0 aliphatic carbocycles. The Morgan fingerprint density at radius 3 is 2.40 bits per heavy atom. The molecular weight excluding hydrogens is 376 g/mol. The Labute approximate surface area is 179 Å². The second kappa shape index (κ2) is 9.79. The van der Waals surface area contributed by atoms with Crippen LogP contribution in [0.4, 0.5) is 0 Å². The first-order valence-corrected chi connectivity index (χ1v) is 10.8. The van der Waals surface area contributed by atoms with E-state index >= 15 is 0 Å². The van der Waals surface area contributed by atoms with Crippen LogP contribution in [0.15, 0.2) is 48.5 Å². The van der Waals surface area contributed by atoms with E-state index in [1.165, 1.54) is 0 Å². The van der Waals surface area contributed by atoms with Gasteiger partial charge in [0.25, 0.3) is 11.8 Å². The smallest absolute Gasteiger partial charge is 0.263 e. The molecule has 0 saturated carbocycles. The van der Waals surface area contributed by atoms with Gasteiger partial charge in [0.15, 0.2) is 6.10 Å². The van der Waals surface area contributed by atoms with Crippen molar-refractivity contribution < 1.29 is 14.3 Å². The van der Waals surface area contributed by atoms with E-state index in [-0.39, 0.29) is 17.9 Å². The largest absolute Gasteiger partial charge is 0.481 e. The monoisotopic (exact) mass is 408 g/mol. The fourth-order valence-electron chi connectivity index (χ4n) is 3.86. The van der Waals surface area contributed by atoms with Gasteiger partial charge in [0.1, 0.15) is 5.75 Å². The number of likely N-dealkylation sites (tertiary alicyclic amines) is 1. The van der Waals surface area contributed by atoms with Crippen LogP contribution in [0.1, 0.15) is 61.0 Å². The van der Waals surface area contributed by atoms with Crippen LogP contribution in [0.3, 0.4) is 0 Å². The summed E-state index contributed by atoms with van der Waals surface area (Å²) in [6, 6.07) is 15.6. The van der Waals surface area contributed by atoms with Crippen LogP contribution in [-0.2, 0) is 4.79 Å². The molecule has 1 fully saturated rings. The summed E-state index contributed by atoms with van der Waals surface area (Å²) in [7, 11) is 0. The third-order valence-electron chi connectivity index (χ3n) is 5.61. The number of amides is 2. The molecule has 5 nitrogen and oxygen atoms in total. The maximum absolute atomic E-state index is 12.9. The summed E-state index contributed by atoms with van der Waals surface area (Å²) in [6.07, 6.45) is 0.959. The molecule has 1 aliphatic rings. The van der Waals surface area contributed by atoms with E-state index in [0.29, 0.717) is 24.6 Å². The second-order valence-corrected chi connectivity index (χ2v) is 8.40. The van der Waals surface area contributed by atoms with Gasteiger partial charge in [-0.1, -0.05) is 49.7 Å². The third kappa shape index (κ3) is 5.41. The SMILES string of the molecule is Cc1cccc(C(=O)NC2CCN(C(=O)C(C)Oc3ccccc3C(C)C)CC2)c1. The number of aryl methyl sites for hydroxylation is 1. The van der Waals surface area contributed by atoms with E-state index in [2.05, 4.69) is 19.2 Å². The highest BCUT2D eigenvalue weighted by Gasteiger charge is 2.28. The average molecular weight is 409 g/mol. The van der Waals surface area contributed by atoms with Crippen molar-refractivity contribution in [2.24, 2.45) is 0 Å². The third-order valence-corrected chi connectivity index (χ3v) is 5.61. The normalized spacial score (nSPS) is 15.7. The number of para-hydroxylation sites is 1. The fraction of sp³-hybridized carbons (Fsp3) is 0.440. The molecule has 0 aromatic heterocycles. The number of rotatable bonds is 6. The number of carbonyl (C=O) groups excluding carboxylic acids is 2. The van der Waals surface area contributed by atoms with Crippen LogP contribution >= 0.6 is 0 Å². The first-order chi connectivity index (χ1) is 14.3. The summed E-state index contributed by atoms with van der Waals surface area (Å²) in [5.74, 6) is 1.05. The summed E-state index contributed by atoms with van der Waals surface area (Å²) in [6.45, 7) is 9.26. The van der Waals surface area contributed by atoms with Gasteiger partial charge in [-0.3, -0.25) is 9.59 Å². The summed E-state index contributed by atoms with van der Waals surface area (Å²) in [5.41, 5.74) is 2.85. The molecule has 0 bridgehead atoms. The van der Waals surface area contributed by atoms with Gasteiger partial charge in [-0.05, 0) is 56.4 Å². The standard InChI is InChI=1S/C25H32N2O3/c1-17(2)22-10-5-6-11-23(22)30-19(4)25(29)27-14-12-21(13-15-27)26-24(28)20-9-7-8-18(3)16-20/h5-11,16-17,19,21H,12-15H2,1-4H3,(H,26,28). The number of nitrogens with zero attached hydrogens (tertiary/aromatic N) is 1. The minimum atomic E-state index is -0.539. The van der Waals surface area contributed by atoms with Gasteiger partial charge < -0.3 is 15.0 Å². The molecular formula is C25H32N2O3. The van der Waals surface area contributed by atoms with Gasteiger partial charge in [-0.2, -0.15) is 0 Å². The van der Waals surface area contributed by atoms with Gasteiger partial charge in [0.05, 0.1) is 0 Å². The lowest BCUT2D eigenvalue weighted by molar-refractivity contribution is -0.139. The Hall–Kier alpha value is -2.82. The average Bonchev–Trinajstić information content (AvgIpc) is 2.74. The number of carbonyl (C=O) groups is 2. The van der Waals surface area contributed by atoms with Crippen LogP contribution in [0.2, 0.25) is 0 Å². The summed E-state index contributed by atoms with van der Waals surface area (Å²) < 4.78 is 6.02. The molecule has 0 spiro atoms. The molecule has 1 atom stereocenters. The van der Waals surface area contributed by atoms with Crippen molar-refractivity contribution in [3.05, 3.63) is 65.2 Å². The van der Waals surface area contributed by atoms with Crippen molar-refractivity contribution in [3.8, 4) is 5.75 Å². The molecule has 1 saturated heterocycles. The van der Waals surface area contributed by atoms with Crippen molar-refractivity contribution in [2.45, 2.75) is 58.6 Å². The highest BCUT2D eigenvalue weighted by atomic mass is 16.5. The lowest BCUT2D eigenvalue weighted by atomic mass is 10.0. The van der Waals surface area contributed by atoms with Crippen molar-refractivity contribution in [2.75, 3.05) is 13.1 Å². The lowest BCUT2D eigenvalue weighted by Crippen LogP contribution is -2.49. The Morgan fingerprint density at radius 1 is 1.03 bits per heavy atom. The van der Waals surface area contributed by atoms with E-state index in [4.69, 9.17) is 4.74 Å². The highest BCUT2D eigenvalue weighted by molar-refractivity contribution is 5.94. The fourth-order valence-corrected chi connectivity index (χ4v) is 3.86. The number of piperidine rings is 1. The molecule has 5 heteroatoms. The number of ether oxygens (including phenoxy) is 1. The van der Waals surface area contributed by atoms with Crippen LogP contribution in [0.5, 0.6) is 5.75 Å². The predicted molar refractivity (Wildman–Crippen MR) is 119 cm³/mol. The quantitative estimate of drug-likeness (QED) is 0.775. The van der Waals surface area contributed by atoms with Crippen LogP contribution < -0.4 is 10.1 Å². The maximum Gasteiger partial charge on any atom is 0.263 e. The first kappa shape index (κ1) is 21.9. The Kier molecular flexibility index (Phi) is 7.14. The Bertz CT molecular complexity index is 885. The van der Waals surface area contributed by atoms with E-state index < -0.39 is 6.10 Å². The summed E-state index contributed by atoms with van der Waals surface area (Å²) in [4.78, 5) is 27.2. The molecule has 2 aromatic rings. The molecule has 2 amide bonds. The van der Waals surface area contributed by atoms with Crippen LogP contribution in [0.25, 0.3) is 0 Å². The maximum atomic E-state index is 12.9.